The SMILES string of the molecule is C/C=C/c1ccc(N2CCCCC2)nc1C(=O)c1cccnc1N. The van der Waals surface area contributed by atoms with Gasteiger partial charge in [0.25, 0.3) is 0 Å². The molecule has 5 nitrogen and oxygen atoms in total. The van der Waals surface area contributed by atoms with E-state index in [1.807, 2.05) is 31.2 Å². The summed E-state index contributed by atoms with van der Waals surface area (Å²) >= 11 is 0. The Balaban J connectivity index is 2.03. The minimum Gasteiger partial charge on any atom is -0.383 e. The van der Waals surface area contributed by atoms with Gasteiger partial charge in [0.1, 0.15) is 17.3 Å². The number of carbonyl (C=O) groups excluding carboxylic acids is 1. The topological polar surface area (TPSA) is 72.1 Å². The lowest BCUT2D eigenvalue weighted by Crippen LogP contribution is -2.30. The first-order valence-electron chi connectivity index (χ1n) is 8.34. The van der Waals surface area contributed by atoms with Crippen LogP contribution in [0.2, 0.25) is 0 Å². The van der Waals surface area contributed by atoms with Crippen LogP contribution in [0.3, 0.4) is 0 Å². The van der Waals surface area contributed by atoms with Gasteiger partial charge < -0.3 is 10.6 Å². The second-order valence-electron chi connectivity index (χ2n) is 5.92. The molecule has 0 saturated carbocycles. The number of carbonyl (C=O) groups is 1. The summed E-state index contributed by atoms with van der Waals surface area (Å²) in [7, 11) is 0. The molecule has 0 radical (unpaired) electrons. The molecule has 1 aliphatic rings. The summed E-state index contributed by atoms with van der Waals surface area (Å²) in [5.74, 6) is 0.903. The van der Waals surface area contributed by atoms with E-state index >= 15 is 0 Å². The van der Waals surface area contributed by atoms with Crippen LogP contribution in [0, 0.1) is 0 Å². The molecule has 0 atom stereocenters. The Kier molecular flexibility index (Phi) is 4.89. The maximum Gasteiger partial charge on any atom is 0.215 e. The van der Waals surface area contributed by atoms with E-state index in [2.05, 4.69) is 14.9 Å². The number of nitrogens with two attached hydrogens (primary N) is 1. The van der Waals surface area contributed by atoms with E-state index in [1.54, 1.807) is 18.3 Å². The van der Waals surface area contributed by atoms with Crippen LogP contribution in [0.15, 0.2) is 36.5 Å². The molecule has 24 heavy (non-hydrogen) atoms. The van der Waals surface area contributed by atoms with Gasteiger partial charge in [0, 0.05) is 24.8 Å². The zero-order valence-corrected chi connectivity index (χ0v) is 13.9. The van der Waals surface area contributed by atoms with Crippen molar-refractivity contribution >= 4 is 23.5 Å². The maximum atomic E-state index is 13.0. The van der Waals surface area contributed by atoms with E-state index < -0.39 is 0 Å². The molecular weight excluding hydrogens is 300 g/mol. The van der Waals surface area contributed by atoms with Crippen LogP contribution in [0.25, 0.3) is 6.08 Å². The highest BCUT2D eigenvalue weighted by atomic mass is 16.1. The van der Waals surface area contributed by atoms with Crippen molar-refractivity contribution in [2.24, 2.45) is 0 Å². The predicted octanol–water partition coefficient (Wildman–Crippen LogP) is 3.31. The van der Waals surface area contributed by atoms with Crippen molar-refractivity contribution in [3.05, 3.63) is 53.4 Å². The molecule has 0 spiro atoms. The minimum absolute atomic E-state index is 0.187. The lowest BCUT2D eigenvalue weighted by molar-refractivity contribution is 0.103. The predicted molar refractivity (Wildman–Crippen MR) is 97.1 cm³/mol. The molecule has 1 fully saturated rings. The smallest absolute Gasteiger partial charge is 0.215 e. The van der Waals surface area contributed by atoms with Gasteiger partial charge in [0.2, 0.25) is 5.78 Å². The van der Waals surface area contributed by atoms with Gasteiger partial charge in [-0.05, 0) is 50.5 Å². The van der Waals surface area contributed by atoms with Gasteiger partial charge in [-0.3, -0.25) is 4.79 Å². The normalized spacial score (nSPS) is 15.0. The quantitative estimate of drug-likeness (QED) is 0.874. The van der Waals surface area contributed by atoms with Crippen LogP contribution in [-0.4, -0.2) is 28.8 Å². The molecule has 2 aromatic heterocycles. The summed E-state index contributed by atoms with van der Waals surface area (Å²) in [6, 6.07) is 7.35. The molecule has 1 saturated heterocycles. The number of rotatable bonds is 4. The molecule has 2 N–H and O–H groups in total. The summed E-state index contributed by atoms with van der Waals surface area (Å²) in [4.78, 5) is 23.9. The van der Waals surface area contributed by atoms with Crippen LogP contribution in [0.4, 0.5) is 11.6 Å². The molecular formula is C19H22N4O. The Morgan fingerprint density at radius 3 is 2.71 bits per heavy atom. The Hall–Kier alpha value is -2.69. The van der Waals surface area contributed by atoms with Gasteiger partial charge in [-0.25, -0.2) is 9.97 Å². The van der Waals surface area contributed by atoms with Crippen molar-refractivity contribution in [2.75, 3.05) is 23.7 Å². The largest absolute Gasteiger partial charge is 0.383 e. The Bertz CT molecular complexity index is 764. The highest BCUT2D eigenvalue weighted by Crippen LogP contribution is 2.23. The van der Waals surface area contributed by atoms with Gasteiger partial charge in [-0.1, -0.05) is 12.2 Å². The number of hydrogen-bond donors (Lipinski definition) is 1. The Labute approximate surface area is 142 Å². The third kappa shape index (κ3) is 3.30. The summed E-state index contributed by atoms with van der Waals surface area (Å²) in [6.07, 6.45) is 8.96. The van der Waals surface area contributed by atoms with E-state index in [0.717, 1.165) is 37.3 Å². The number of anilines is 2. The fourth-order valence-electron chi connectivity index (χ4n) is 2.99. The van der Waals surface area contributed by atoms with E-state index in [1.165, 1.54) is 6.42 Å². The average Bonchev–Trinajstić information content (AvgIpc) is 2.63. The van der Waals surface area contributed by atoms with Crippen LogP contribution in [-0.2, 0) is 0 Å². The van der Waals surface area contributed by atoms with Crippen molar-refractivity contribution in [1.82, 2.24) is 9.97 Å². The molecule has 3 heterocycles. The van der Waals surface area contributed by atoms with Gasteiger partial charge in [-0.15, -0.1) is 0 Å². The first-order chi connectivity index (χ1) is 11.7. The number of nitrogens with zero attached hydrogens (tertiary/aromatic N) is 3. The van der Waals surface area contributed by atoms with E-state index in [-0.39, 0.29) is 11.6 Å². The highest BCUT2D eigenvalue weighted by Gasteiger charge is 2.20. The standard InChI is InChI=1S/C19H22N4O/c1-2-7-14-9-10-16(23-12-4-3-5-13-23)22-17(14)18(24)15-8-6-11-21-19(15)20/h2,6-11H,3-5,12-13H2,1H3,(H2,20,21)/b7-2+. The van der Waals surface area contributed by atoms with Gasteiger partial charge in [-0.2, -0.15) is 0 Å². The number of hydrogen-bond acceptors (Lipinski definition) is 5. The molecule has 0 aliphatic carbocycles. The minimum atomic E-state index is -0.187. The fraction of sp³-hybridized carbons (Fsp3) is 0.316. The molecule has 3 rings (SSSR count). The van der Waals surface area contributed by atoms with Crippen molar-refractivity contribution in [3.8, 4) is 0 Å². The van der Waals surface area contributed by atoms with E-state index in [0.29, 0.717) is 11.3 Å². The number of nitrogen functional groups attached to an aromatic ring is 1. The summed E-state index contributed by atoms with van der Waals surface area (Å²) < 4.78 is 0. The first kappa shape index (κ1) is 16.2. The molecule has 0 bridgehead atoms. The Morgan fingerprint density at radius 2 is 2.00 bits per heavy atom. The zero-order valence-electron chi connectivity index (χ0n) is 13.9. The van der Waals surface area contributed by atoms with Crippen LogP contribution >= 0.6 is 0 Å². The van der Waals surface area contributed by atoms with Gasteiger partial charge in [0.05, 0.1) is 5.56 Å². The summed E-state index contributed by atoms with van der Waals surface area (Å²) in [5.41, 5.74) is 7.49. The fourth-order valence-corrected chi connectivity index (χ4v) is 2.99. The highest BCUT2D eigenvalue weighted by molar-refractivity contribution is 6.12. The number of aromatic nitrogens is 2. The maximum absolute atomic E-state index is 13.0. The van der Waals surface area contributed by atoms with Crippen LogP contribution in [0.1, 0.15) is 47.8 Å². The third-order valence-electron chi connectivity index (χ3n) is 4.24. The van der Waals surface area contributed by atoms with Crippen molar-refractivity contribution in [1.29, 1.82) is 0 Å². The van der Waals surface area contributed by atoms with Crippen molar-refractivity contribution in [3.63, 3.8) is 0 Å². The molecule has 0 amide bonds. The van der Waals surface area contributed by atoms with E-state index in [4.69, 9.17) is 5.73 Å². The lowest BCUT2D eigenvalue weighted by atomic mass is 10.0. The second-order valence-corrected chi connectivity index (χ2v) is 5.92. The summed E-state index contributed by atoms with van der Waals surface area (Å²) in [5, 5.41) is 0. The summed E-state index contributed by atoms with van der Waals surface area (Å²) in [6.45, 7) is 3.89. The molecule has 0 unspecified atom stereocenters. The molecule has 124 valence electrons. The Morgan fingerprint density at radius 1 is 1.21 bits per heavy atom. The number of piperidine rings is 1. The average molecular weight is 322 g/mol. The van der Waals surface area contributed by atoms with E-state index in [9.17, 15) is 4.79 Å². The molecule has 0 aromatic carbocycles. The van der Waals surface area contributed by atoms with Crippen LogP contribution in [0.5, 0.6) is 0 Å². The van der Waals surface area contributed by atoms with Gasteiger partial charge in [0.15, 0.2) is 0 Å². The second kappa shape index (κ2) is 7.25. The van der Waals surface area contributed by atoms with Crippen molar-refractivity contribution < 1.29 is 4.79 Å². The third-order valence-corrected chi connectivity index (χ3v) is 4.24. The molecule has 2 aromatic rings. The molecule has 5 heteroatoms. The lowest BCUT2D eigenvalue weighted by Gasteiger charge is -2.28. The number of pyridine rings is 2. The molecule has 1 aliphatic heterocycles. The van der Waals surface area contributed by atoms with Crippen molar-refractivity contribution in [2.45, 2.75) is 26.2 Å². The number of ketones is 1. The monoisotopic (exact) mass is 322 g/mol. The first-order valence-corrected chi connectivity index (χ1v) is 8.34. The zero-order chi connectivity index (χ0) is 16.9. The number of allylic oxidation sites excluding steroid dienone is 1. The van der Waals surface area contributed by atoms with Gasteiger partial charge >= 0.3 is 0 Å². The van der Waals surface area contributed by atoms with Crippen LogP contribution < -0.4 is 10.6 Å².